The molecule has 0 bridgehead atoms. The lowest BCUT2D eigenvalue weighted by Crippen LogP contribution is -2.29. The highest BCUT2D eigenvalue weighted by Gasteiger charge is 2.13. The quantitative estimate of drug-likeness (QED) is 0.558. The highest BCUT2D eigenvalue weighted by atomic mass is 16.5. The summed E-state index contributed by atoms with van der Waals surface area (Å²) < 4.78 is 5.62. The van der Waals surface area contributed by atoms with Gasteiger partial charge in [0.15, 0.2) is 0 Å². The lowest BCUT2D eigenvalue weighted by molar-refractivity contribution is 0.0117. The van der Waals surface area contributed by atoms with E-state index >= 15 is 0 Å². The minimum absolute atomic E-state index is 0.0561. The number of hydrazine groups is 1. The number of amides is 1. The number of nitrogens with one attached hydrogen (secondary N) is 2. The molecule has 1 fully saturated rings. The summed E-state index contributed by atoms with van der Waals surface area (Å²) in [6, 6.07) is 7.06. The van der Waals surface area contributed by atoms with E-state index in [2.05, 4.69) is 10.7 Å². The topological polar surface area (TPSA) is 76.4 Å². The average Bonchev–Trinajstić information content (AvgIpc) is 2.48. The first kappa shape index (κ1) is 13.8. The molecule has 1 aliphatic heterocycles. The van der Waals surface area contributed by atoms with Crippen LogP contribution in [0.2, 0.25) is 0 Å². The highest BCUT2D eigenvalue weighted by molar-refractivity contribution is 5.94. The summed E-state index contributed by atoms with van der Waals surface area (Å²) in [6.45, 7) is 1.51. The van der Waals surface area contributed by atoms with Crippen LogP contribution < -0.4 is 16.6 Å². The summed E-state index contributed by atoms with van der Waals surface area (Å²) in [7, 11) is 0. The van der Waals surface area contributed by atoms with Crippen molar-refractivity contribution in [3.05, 3.63) is 29.8 Å². The highest BCUT2D eigenvalue weighted by Crippen LogP contribution is 2.15. The van der Waals surface area contributed by atoms with E-state index in [4.69, 9.17) is 10.6 Å². The second-order valence-corrected chi connectivity index (χ2v) is 4.75. The molecule has 4 N–H and O–H groups in total. The predicted octanol–water partition coefficient (Wildman–Crippen LogP) is 1.66. The molecule has 0 aromatic heterocycles. The smallest absolute Gasteiger partial charge is 0.251 e. The Bertz CT molecular complexity index is 400. The molecular formula is C14H21N3O2. The van der Waals surface area contributed by atoms with Crippen LogP contribution in [0.25, 0.3) is 0 Å². The predicted molar refractivity (Wildman–Crippen MR) is 74.8 cm³/mol. The van der Waals surface area contributed by atoms with Gasteiger partial charge in [-0.3, -0.25) is 10.6 Å². The number of hydrogen-bond donors (Lipinski definition) is 3. The average molecular weight is 263 g/mol. The lowest BCUT2D eigenvalue weighted by Gasteiger charge is -2.22. The molecule has 1 atom stereocenters. The molecule has 1 heterocycles. The molecule has 2 rings (SSSR count). The van der Waals surface area contributed by atoms with Crippen LogP contribution in [0.15, 0.2) is 24.3 Å². The summed E-state index contributed by atoms with van der Waals surface area (Å²) in [4.78, 5) is 11.9. The third-order valence-electron chi connectivity index (χ3n) is 3.34. The number of carbonyl (C=O) groups is 1. The molecule has 1 amide bonds. The van der Waals surface area contributed by atoms with E-state index < -0.39 is 0 Å². The Labute approximate surface area is 113 Å². The summed E-state index contributed by atoms with van der Waals surface area (Å²) in [5.41, 5.74) is 3.96. The Kier molecular flexibility index (Phi) is 5.18. The zero-order valence-corrected chi connectivity index (χ0v) is 11.0. The summed E-state index contributed by atoms with van der Waals surface area (Å²) in [6.07, 6.45) is 4.68. The Morgan fingerprint density at radius 3 is 2.74 bits per heavy atom. The zero-order chi connectivity index (χ0) is 13.5. The minimum Gasteiger partial charge on any atom is -0.378 e. The van der Waals surface area contributed by atoms with E-state index in [9.17, 15) is 4.79 Å². The minimum atomic E-state index is -0.0561. The van der Waals surface area contributed by atoms with E-state index in [0.29, 0.717) is 18.2 Å². The molecule has 5 heteroatoms. The van der Waals surface area contributed by atoms with Crippen LogP contribution in [0, 0.1) is 0 Å². The number of ether oxygens (including phenoxy) is 1. The molecular weight excluding hydrogens is 242 g/mol. The maximum absolute atomic E-state index is 11.9. The van der Waals surface area contributed by atoms with Gasteiger partial charge in [0.25, 0.3) is 5.91 Å². The molecule has 0 aliphatic carbocycles. The normalized spacial score (nSPS) is 18.9. The van der Waals surface area contributed by atoms with Gasteiger partial charge < -0.3 is 15.5 Å². The fourth-order valence-corrected chi connectivity index (χ4v) is 2.20. The van der Waals surface area contributed by atoms with E-state index in [1.165, 1.54) is 6.42 Å². The Balaban J connectivity index is 1.73. The largest absolute Gasteiger partial charge is 0.378 e. The third-order valence-corrected chi connectivity index (χ3v) is 3.34. The van der Waals surface area contributed by atoms with Crippen molar-refractivity contribution in [1.29, 1.82) is 0 Å². The molecule has 1 aromatic carbocycles. The van der Waals surface area contributed by atoms with E-state index in [0.717, 1.165) is 31.6 Å². The monoisotopic (exact) mass is 263 g/mol. The number of hydrogen-bond acceptors (Lipinski definition) is 4. The van der Waals surface area contributed by atoms with Gasteiger partial charge in [0.1, 0.15) is 0 Å². The fourth-order valence-electron chi connectivity index (χ4n) is 2.20. The fraction of sp³-hybridized carbons (Fsp3) is 0.500. The van der Waals surface area contributed by atoms with Crippen molar-refractivity contribution in [3.63, 3.8) is 0 Å². The molecule has 0 radical (unpaired) electrons. The number of benzene rings is 1. The van der Waals surface area contributed by atoms with Gasteiger partial charge in [-0.1, -0.05) is 0 Å². The molecule has 1 aliphatic rings. The first-order chi connectivity index (χ1) is 9.29. The zero-order valence-electron chi connectivity index (χ0n) is 11.0. The van der Waals surface area contributed by atoms with Gasteiger partial charge in [-0.25, -0.2) is 0 Å². The first-order valence-electron chi connectivity index (χ1n) is 6.76. The van der Waals surface area contributed by atoms with Crippen molar-refractivity contribution in [2.75, 3.05) is 18.6 Å². The second-order valence-electron chi connectivity index (χ2n) is 4.75. The molecule has 5 nitrogen and oxygen atoms in total. The van der Waals surface area contributed by atoms with Crippen LogP contribution >= 0.6 is 0 Å². The molecule has 0 spiro atoms. The molecule has 1 aromatic rings. The van der Waals surface area contributed by atoms with Gasteiger partial charge in [-0.15, -0.1) is 0 Å². The molecule has 0 saturated carbocycles. The number of anilines is 1. The Morgan fingerprint density at radius 1 is 1.32 bits per heavy atom. The van der Waals surface area contributed by atoms with Crippen LogP contribution in [0.3, 0.4) is 0 Å². The van der Waals surface area contributed by atoms with Crippen LogP contribution in [0.4, 0.5) is 5.69 Å². The Morgan fingerprint density at radius 2 is 2.11 bits per heavy atom. The van der Waals surface area contributed by atoms with Crippen molar-refractivity contribution in [2.45, 2.75) is 31.8 Å². The van der Waals surface area contributed by atoms with Gasteiger partial charge >= 0.3 is 0 Å². The van der Waals surface area contributed by atoms with Crippen molar-refractivity contribution < 1.29 is 9.53 Å². The van der Waals surface area contributed by atoms with E-state index in [-0.39, 0.29) is 5.91 Å². The third kappa shape index (κ3) is 4.22. The SMILES string of the molecule is NNc1ccc(C(=O)NCCC2CCCCO2)cc1. The van der Waals surface area contributed by atoms with Crippen molar-refractivity contribution >= 4 is 11.6 Å². The molecule has 19 heavy (non-hydrogen) atoms. The maximum Gasteiger partial charge on any atom is 0.251 e. The second kappa shape index (κ2) is 7.11. The van der Waals surface area contributed by atoms with E-state index in [1.807, 2.05) is 0 Å². The number of carbonyl (C=O) groups excluding carboxylic acids is 1. The lowest BCUT2D eigenvalue weighted by atomic mass is 10.1. The summed E-state index contributed by atoms with van der Waals surface area (Å²) in [5.74, 6) is 5.22. The van der Waals surface area contributed by atoms with Crippen LogP contribution in [0.1, 0.15) is 36.0 Å². The van der Waals surface area contributed by atoms with Crippen molar-refractivity contribution in [1.82, 2.24) is 5.32 Å². The summed E-state index contributed by atoms with van der Waals surface area (Å²) >= 11 is 0. The number of nitrogen functional groups attached to an aromatic ring is 1. The van der Waals surface area contributed by atoms with Crippen molar-refractivity contribution in [2.24, 2.45) is 5.84 Å². The standard InChI is InChI=1S/C14H21N3O2/c15-17-12-6-4-11(5-7-12)14(18)16-9-8-13-3-1-2-10-19-13/h4-7,13,17H,1-3,8-10,15H2,(H,16,18). The van der Waals surface area contributed by atoms with Gasteiger partial charge in [0.2, 0.25) is 0 Å². The van der Waals surface area contributed by atoms with E-state index in [1.54, 1.807) is 24.3 Å². The van der Waals surface area contributed by atoms with Crippen molar-refractivity contribution in [3.8, 4) is 0 Å². The van der Waals surface area contributed by atoms with Crippen LogP contribution in [-0.2, 0) is 4.74 Å². The number of nitrogens with two attached hydrogens (primary N) is 1. The number of rotatable bonds is 5. The molecule has 1 unspecified atom stereocenters. The maximum atomic E-state index is 11.9. The van der Waals surface area contributed by atoms with Gasteiger partial charge in [-0.05, 0) is 49.9 Å². The molecule has 1 saturated heterocycles. The first-order valence-corrected chi connectivity index (χ1v) is 6.76. The summed E-state index contributed by atoms with van der Waals surface area (Å²) in [5, 5.41) is 2.91. The Hall–Kier alpha value is -1.59. The molecule has 104 valence electrons. The van der Waals surface area contributed by atoms with Crippen LogP contribution in [0.5, 0.6) is 0 Å². The van der Waals surface area contributed by atoms with Gasteiger partial charge in [0, 0.05) is 24.4 Å². The van der Waals surface area contributed by atoms with Gasteiger partial charge in [-0.2, -0.15) is 0 Å². The van der Waals surface area contributed by atoms with Crippen LogP contribution in [-0.4, -0.2) is 25.2 Å². The van der Waals surface area contributed by atoms with Gasteiger partial charge in [0.05, 0.1) is 6.10 Å².